The van der Waals surface area contributed by atoms with Crippen LogP contribution in [0.3, 0.4) is 0 Å². The molecule has 0 atom stereocenters. The molecule has 0 heterocycles. The highest BCUT2D eigenvalue weighted by atomic mass is 35.5. The van der Waals surface area contributed by atoms with Gasteiger partial charge in [0.15, 0.2) is 0 Å². The van der Waals surface area contributed by atoms with E-state index in [1.165, 1.54) is 0 Å². The number of halogens is 1. The summed E-state index contributed by atoms with van der Waals surface area (Å²) < 4.78 is 0. The average Bonchev–Trinajstić information content (AvgIpc) is 2.45. The number of hydrogen-bond donors (Lipinski definition) is 2. The molecule has 0 aliphatic rings. The molecule has 3 N–H and O–H groups in total. The number of nitrogens with one attached hydrogen (secondary N) is 1. The molecule has 102 valence electrons. The third-order valence-corrected chi connectivity index (χ3v) is 3.11. The van der Waals surface area contributed by atoms with Gasteiger partial charge in [-0.15, -0.1) is 0 Å². The Hall–Kier alpha value is -2.33. The van der Waals surface area contributed by atoms with E-state index in [-0.39, 0.29) is 5.91 Å². The van der Waals surface area contributed by atoms with E-state index in [0.717, 1.165) is 5.56 Å². The lowest BCUT2D eigenvalue weighted by molar-refractivity contribution is 0.0950. The van der Waals surface area contributed by atoms with Crippen LogP contribution in [0.1, 0.15) is 26.3 Å². The predicted molar refractivity (Wildman–Crippen MR) is 77.6 cm³/mol. The molecule has 0 saturated heterocycles. The van der Waals surface area contributed by atoms with Crippen LogP contribution < -0.4 is 11.1 Å². The van der Waals surface area contributed by atoms with Crippen molar-refractivity contribution in [3.05, 3.63) is 70.2 Å². The second-order valence-electron chi connectivity index (χ2n) is 4.23. The lowest BCUT2D eigenvalue weighted by Crippen LogP contribution is -2.23. The molecule has 2 amide bonds. The maximum atomic E-state index is 12.0. The van der Waals surface area contributed by atoms with Crippen molar-refractivity contribution in [2.75, 3.05) is 0 Å². The molecule has 0 radical (unpaired) electrons. The first-order chi connectivity index (χ1) is 9.58. The summed E-state index contributed by atoms with van der Waals surface area (Å²) in [4.78, 5) is 23.0. The topological polar surface area (TPSA) is 72.2 Å². The summed E-state index contributed by atoms with van der Waals surface area (Å²) in [7, 11) is 0. The minimum Gasteiger partial charge on any atom is -0.366 e. The normalized spacial score (nSPS) is 10.1. The minimum absolute atomic E-state index is 0.264. The van der Waals surface area contributed by atoms with Gasteiger partial charge in [0.05, 0.1) is 10.6 Å². The molecule has 0 unspecified atom stereocenters. The van der Waals surface area contributed by atoms with Gasteiger partial charge in [-0.2, -0.15) is 0 Å². The number of amides is 2. The zero-order valence-corrected chi connectivity index (χ0v) is 11.4. The van der Waals surface area contributed by atoms with Crippen molar-refractivity contribution in [2.45, 2.75) is 6.54 Å². The molecular formula is C15H13ClN2O2. The van der Waals surface area contributed by atoms with Crippen molar-refractivity contribution in [3.8, 4) is 0 Å². The maximum Gasteiger partial charge on any atom is 0.253 e. The molecule has 0 aromatic heterocycles. The van der Waals surface area contributed by atoms with Crippen molar-refractivity contribution >= 4 is 23.4 Å². The van der Waals surface area contributed by atoms with Gasteiger partial charge in [0, 0.05) is 12.1 Å². The molecule has 0 bridgehead atoms. The molecule has 0 spiro atoms. The van der Waals surface area contributed by atoms with Crippen LogP contribution in [0.5, 0.6) is 0 Å². The first kappa shape index (κ1) is 14.1. The summed E-state index contributed by atoms with van der Waals surface area (Å²) in [5, 5.41) is 3.15. The summed E-state index contributed by atoms with van der Waals surface area (Å²) in [6, 6.07) is 13.6. The first-order valence-corrected chi connectivity index (χ1v) is 6.37. The number of hydrogen-bond acceptors (Lipinski definition) is 2. The van der Waals surface area contributed by atoms with Crippen LogP contribution in [0.25, 0.3) is 0 Å². The van der Waals surface area contributed by atoms with E-state index in [4.69, 9.17) is 17.3 Å². The number of carbonyl (C=O) groups excluding carboxylic acids is 2. The Morgan fingerprint density at radius 1 is 1.10 bits per heavy atom. The Balaban J connectivity index is 2.06. The van der Waals surface area contributed by atoms with Gasteiger partial charge >= 0.3 is 0 Å². The molecule has 0 aliphatic heterocycles. The molecule has 4 nitrogen and oxygen atoms in total. The summed E-state index contributed by atoms with van der Waals surface area (Å²) >= 11 is 5.95. The molecule has 0 saturated carbocycles. The number of rotatable bonds is 4. The third-order valence-electron chi connectivity index (χ3n) is 2.78. The van der Waals surface area contributed by atoms with E-state index in [1.807, 2.05) is 0 Å². The molecule has 5 heteroatoms. The van der Waals surface area contributed by atoms with Crippen LogP contribution in [0.4, 0.5) is 0 Å². The largest absolute Gasteiger partial charge is 0.366 e. The Morgan fingerprint density at radius 3 is 2.55 bits per heavy atom. The smallest absolute Gasteiger partial charge is 0.253 e. The average molecular weight is 289 g/mol. The lowest BCUT2D eigenvalue weighted by Gasteiger charge is -2.07. The van der Waals surface area contributed by atoms with E-state index < -0.39 is 5.91 Å². The Labute approximate surface area is 121 Å². The molecule has 20 heavy (non-hydrogen) atoms. The highest BCUT2D eigenvalue weighted by molar-refractivity contribution is 6.33. The van der Waals surface area contributed by atoms with Crippen LogP contribution in [0.2, 0.25) is 5.02 Å². The van der Waals surface area contributed by atoms with Gasteiger partial charge in [-0.3, -0.25) is 9.59 Å². The van der Waals surface area contributed by atoms with Crippen LogP contribution in [0.15, 0.2) is 48.5 Å². The van der Waals surface area contributed by atoms with Gasteiger partial charge in [0.1, 0.15) is 0 Å². The molecule has 2 aromatic rings. The molecule has 0 aliphatic carbocycles. The highest BCUT2D eigenvalue weighted by Crippen LogP contribution is 2.14. The standard InChI is InChI=1S/C15H13ClN2O2/c16-13-7-2-1-6-12(13)15(20)18-9-10-4-3-5-11(8-10)14(17)19/h1-8H,9H2,(H2,17,19)(H,18,20). The van der Waals surface area contributed by atoms with Gasteiger partial charge in [0.2, 0.25) is 5.91 Å². The molecular weight excluding hydrogens is 276 g/mol. The fraction of sp³-hybridized carbons (Fsp3) is 0.0667. The van der Waals surface area contributed by atoms with Gasteiger partial charge < -0.3 is 11.1 Å². The first-order valence-electron chi connectivity index (χ1n) is 5.99. The van der Waals surface area contributed by atoms with Crippen molar-refractivity contribution in [1.29, 1.82) is 0 Å². The van der Waals surface area contributed by atoms with E-state index in [9.17, 15) is 9.59 Å². The Bertz CT molecular complexity index is 656. The van der Waals surface area contributed by atoms with Crippen molar-refractivity contribution in [3.63, 3.8) is 0 Å². The monoisotopic (exact) mass is 288 g/mol. The number of benzene rings is 2. The van der Waals surface area contributed by atoms with Crippen LogP contribution in [-0.4, -0.2) is 11.8 Å². The predicted octanol–water partition coefficient (Wildman–Crippen LogP) is 2.37. The fourth-order valence-electron chi connectivity index (χ4n) is 1.76. The van der Waals surface area contributed by atoms with Crippen LogP contribution in [-0.2, 0) is 6.54 Å². The minimum atomic E-state index is -0.496. The van der Waals surface area contributed by atoms with Gasteiger partial charge in [-0.05, 0) is 29.8 Å². The molecule has 0 fully saturated rings. The molecule has 2 rings (SSSR count). The Kier molecular flexibility index (Phi) is 4.38. The number of carbonyl (C=O) groups is 2. The summed E-state index contributed by atoms with van der Waals surface area (Å²) in [5.74, 6) is -0.760. The van der Waals surface area contributed by atoms with Gasteiger partial charge in [-0.1, -0.05) is 35.9 Å². The van der Waals surface area contributed by atoms with E-state index in [0.29, 0.717) is 22.7 Å². The van der Waals surface area contributed by atoms with Crippen molar-refractivity contribution < 1.29 is 9.59 Å². The van der Waals surface area contributed by atoms with Crippen LogP contribution >= 0.6 is 11.6 Å². The quantitative estimate of drug-likeness (QED) is 0.906. The maximum absolute atomic E-state index is 12.0. The van der Waals surface area contributed by atoms with E-state index >= 15 is 0 Å². The fourth-order valence-corrected chi connectivity index (χ4v) is 1.98. The lowest BCUT2D eigenvalue weighted by atomic mass is 10.1. The SMILES string of the molecule is NC(=O)c1cccc(CNC(=O)c2ccccc2Cl)c1. The van der Waals surface area contributed by atoms with Crippen molar-refractivity contribution in [2.24, 2.45) is 5.73 Å². The summed E-state index contributed by atoms with van der Waals surface area (Å²) in [5.41, 5.74) is 6.83. The van der Waals surface area contributed by atoms with E-state index in [2.05, 4.69) is 5.32 Å². The summed E-state index contributed by atoms with van der Waals surface area (Å²) in [6.45, 7) is 0.297. The van der Waals surface area contributed by atoms with Crippen LogP contribution in [0, 0.1) is 0 Å². The van der Waals surface area contributed by atoms with E-state index in [1.54, 1.807) is 48.5 Å². The van der Waals surface area contributed by atoms with Gasteiger partial charge in [0.25, 0.3) is 5.91 Å². The highest BCUT2D eigenvalue weighted by Gasteiger charge is 2.09. The number of nitrogens with two attached hydrogens (primary N) is 1. The van der Waals surface area contributed by atoms with Gasteiger partial charge in [-0.25, -0.2) is 0 Å². The summed E-state index contributed by atoms with van der Waals surface area (Å²) in [6.07, 6.45) is 0. The zero-order valence-electron chi connectivity index (χ0n) is 10.6. The second-order valence-corrected chi connectivity index (χ2v) is 4.63. The Morgan fingerprint density at radius 2 is 1.85 bits per heavy atom. The molecule has 2 aromatic carbocycles. The zero-order chi connectivity index (χ0) is 14.5. The second kappa shape index (κ2) is 6.21. The number of primary amides is 1. The van der Waals surface area contributed by atoms with Crippen molar-refractivity contribution in [1.82, 2.24) is 5.32 Å². The third kappa shape index (κ3) is 3.36.